The zero-order valence-corrected chi connectivity index (χ0v) is 16.2. The summed E-state index contributed by atoms with van der Waals surface area (Å²) in [5.74, 6) is -0.474. The van der Waals surface area contributed by atoms with E-state index in [-0.39, 0.29) is 11.2 Å². The molecule has 5 heteroatoms. The van der Waals surface area contributed by atoms with Crippen molar-refractivity contribution in [1.29, 1.82) is 0 Å². The minimum absolute atomic E-state index is 0.277. The maximum Gasteiger partial charge on any atom is 0.291 e. The molecule has 140 valence electrons. The molecule has 1 fully saturated rings. The predicted octanol–water partition coefficient (Wildman–Crippen LogP) is 4.23. The minimum Gasteiger partial charge on any atom is -0.359 e. The molecule has 1 aliphatic heterocycles. The van der Waals surface area contributed by atoms with Crippen LogP contribution in [0.4, 0.5) is 5.69 Å². The van der Waals surface area contributed by atoms with Crippen LogP contribution in [0.15, 0.2) is 91.0 Å². The van der Waals surface area contributed by atoms with Crippen molar-refractivity contribution in [2.75, 3.05) is 4.90 Å². The van der Waals surface area contributed by atoms with Crippen LogP contribution in [0.1, 0.15) is 24.1 Å². The molecule has 2 atom stereocenters. The van der Waals surface area contributed by atoms with Crippen LogP contribution in [-0.4, -0.2) is 21.0 Å². The Bertz CT molecular complexity index is 995. The van der Waals surface area contributed by atoms with E-state index >= 15 is 0 Å². The van der Waals surface area contributed by atoms with E-state index in [1.54, 1.807) is 29.2 Å². The lowest BCUT2D eigenvalue weighted by molar-refractivity contribution is -0.150. The van der Waals surface area contributed by atoms with Crippen molar-refractivity contribution in [2.45, 2.75) is 18.7 Å². The Hall–Kier alpha value is -3.02. The van der Waals surface area contributed by atoms with Crippen molar-refractivity contribution in [3.8, 4) is 0 Å². The largest absolute Gasteiger partial charge is 0.359 e. The molecule has 28 heavy (non-hydrogen) atoms. The summed E-state index contributed by atoms with van der Waals surface area (Å²) in [4.78, 5) is 16.6. The predicted molar refractivity (Wildman–Crippen MR) is 114 cm³/mol. The molecule has 4 nitrogen and oxygen atoms in total. The first-order valence-electron chi connectivity index (χ1n) is 9.11. The number of para-hydroxylation sites is 1. The molecule has 0 bridgehead atoms. The molecule has 1 saturated heterocycles. The zero-order chi connectivity index (χ0) is 19.7. The van der Waals surface area contributed by atoms with Gasteiger partial charge in [-0.3, -0.25) is 9.69 Å². The van der Waals surface area contributed by atoms with Gasteiger partial charge in [-0.2, -0.15) is 0 Å². The van der Waals surface area contributed by atoms with E-state index in [1.807, 2.05) is 73.7 Å². The van der Waals surface area contributed by atoms with Crippen molar-refractivity contribution in [3.05, 3.63) is 102 Å². The highest BCUT2D eigenvalue weighted by Gasteiger charge is 2.57. The van der Waals surface area contributed by atoms with Crippen LogP contribution in [0.25, 0.3) is 0 Å². The second-order valence-electron chi connectivity index (χ2n) is 6.75. The van der Waals surface area contributed by atoms with Gasteiger partial charge in [-0.1, -0.05) is 78.9 Å². The fourth-order valence-electron chi connectivity index (χ4n) is 3.66. The number of thiocarbonyl (C=S) groups is 1. The maximum absolute atomic E-state index is 13.5. The Balaban J connectivity index is 1.88. The Labute approximate surface area is 169 Å². The molecule has 1 heterocycles. The number of anilines is 1. The number of carbonyl (C=O) groups excluding carboxylic acids is 1. The van der Waals surface area contributed by atoms with Gasteiger partial charge in [0.15, 0.2) is 5.11 Å². The van der Waals surface area contributed by atoms with E-state index in [1.165, 1.54) is 4.90 Å². The topological polar surface area (TPSA) is 43.8 Å². The summed E-state index contributed by atoms with van der Waals surface area (Å²) < 4.78 is 0. The summed E-state index contributed by atoms with van der Waals surface area (Å²) in [7, 11) is 0. The zero-order valence-electron chi connectivity index (χ0n) is 15.4. The van der Waals surface area contributed by atoms with E-state index < -0.39 is 11.6 Å². The standard InChI is InChI=1S/C23H20N2O2S/c1-17(18-11-5-2-6-12-18)25-22(28)24(20-15-9-4-10-16-20)21(26)23(25,27)19-13-7-3-8-14-19/h2-17,27H,1H3/t17-,23-/m1/s1. The van der Waals surface area contributed by atoms with Crippen molar-refractivity contribution in [2.24, 2.45) is 0 Å². The summed E-state index contributed by atoms with van der Waals surface area (Å²) in [6.07, 6.45) is 0. The molecule has 0 spiro atoms. The summed E-state index contributed by atoms with van der Waals surface area (Å²) in [6, 6.07) is 27.6. The molecule has 0 radical (unpaired) electrons. The number of nitrogens with zero attached hydrogens (tertiary/aromatic N) is 2. The lowest BCUT2D eigenvalue weighted by Crippen LogP contribution is -2.47. The molecular weight excluding hydrogens is 368 g/mol. The van der Waals surface area contributed by atoms with Crippen LogP contribution in [0, 0.1) is 0 Å². The molecule has 4 rings (SSSR count). The van der Waals surface area contributed by atoms with Gasteiger partial charge in [0.1, 0.15) is 0 Å². The SMILES string of the molecule is C[C@H](c1ccccc1)N1C(=S)N(c2ccccc2)C(=O)[C@]1(O)c1ccccc1. The van der Waals surface area contributed by atoms with E-state index in [2.05, 4.69) is 0 Å². The minimum atomic E-state index is -1.89. The maximum atomic E-state index is 13.5. The molecule has 0 aliphatic carbocycles. The van der Waals surface area contributed by atoms with Gasteiger partial charge < -0.3 is 10.0 Å². The van der Waals surface area contributed by atoms with Crippen LogP contribution >= 0.6 is 12.2 Å². The normalized spacial score (nSPS) is 20.5. The average molecular weight is 388 g/mol. The van der Waals surface area contributed by atoms with E-state index in [9.17, 15) is 9.90 Å². The van der Waals surface area contributed by atoms with Crippen molar-refractivity contribution >= 4 is 28.9 Å². The number of aliphatic hydroxyl groups is 1. The lowest BCUT2D eigenvalue weighted by atomic mass is 9.98. The highest BCUT2D eigenvalue weighted by Crippen LogP contribution is 2.42. The van der Waals surface area contributed by atoms with Crippen LogP contribution in [0.2, 0.25) is 0 Å². The monoisotopic (exact) mass is 388 g/mol. The first-order chi connectivity index (χ1) is 13.5. The van der Waals surface area contributed by atoms with Crippen LogP contribution in [0.3, 0.4) is 0 Å². The van der Waals surface area contributed by atoms with Crippen LogP contribution in [-0.2, 0) is 10.5 Å². The fourth-order valence-corrected chi connectivity index (χ4v) is 4.13. The second kappa shape index (κ2) is 7.19. The Morgan fingerprint density at radius 1 is 0.857 bits per heavy atom. The van der Waals surface area contributed by atoms with Gasteiger partial charge in [0, 0.05) is 5.56 Å². The van der Waals surface area contributed by atoms with E-state index in [0.717, 1.165) is 5.56 Å². The lowest BCUT2D eigenvalue weighted by Gasteiger charge is -2.36. The smallest absolute Gasteiger partial charge is 0.291 e. The molecule has 0 saturated carbocycles. The molecule has 1 amide bonds. The third-order valence-electron chi connectivity index (χ3n) is 5.11. The van der Waals surface area contributed by atoms with E-state index in [4.69, 9.17) is 12.2 Å². The molecule has 0 unspecified atom stereocenters. The summed E-state index contributed by atoms with van der Waals surface area (Å²) in [6.45, 7) is 1.94. The van der Waals surface area contributed by atoms with Gasteiger partial charge in [-0.05, 0) is 36.8 Å². The van der Waals surface area contributed by atoms with Gasteiger partial charge >= 0.3 is 0 Å². The quantitative estimate of drug-likeness (QED) is 0.680. The summed E-state index contributed by atoms with van der Waals surface area (Å²) in [5.41, 5.74) is 0.198. The van der Waals surface area contributed by atoms with Gasteiger partial charge in [0.05, 0.1) is 11.7 Å². The molecule has 3 aromatic rings. The van der Waals surface area contributed by atoms with Gasteiger partial charge in [-0.15, -0.1) is 0 Å². The molecule has 1 N–H and O–H groups in total. The van der Waals surface area contributed by atoms with Crippen molar-refractivity contribution in [1.82, 2.24) is 4.90 Å². The molecule has 0 aromatic heterocycles. The first-order valence-corrected chi connectivity index (χ1v) is 9.51. The highest BCUT2D eigenvalue weighted by atomic mass is 32.1. The van der Waals surface area contributed by atoms with Gasteiger partial charge in [0.25, 0.3) is 5.91 Å². The molecule has 3 aromatic carbocycles. The number of hydrogen-bond donors (Lipinski definition) is 1. The molecular formula is C23H20N2O2S. The van der Waals surface area contributed by atoms with Crippen LogP contribution < -0.4 is 4.90 Å². The average Bonchev–Trinajstić information content (AvgIpc) is 2.95. The number of hydrogen-bond acceptors (Lipinski definition) is 3. The Morgan fingerprint density at radius 3 is 1.93 bits per heavy atom. The molecule has 1 aliphatic rings. The Morgan fingerprint density at radius 2 is 1.36 bits per heavy atom. The van der Waals surface area contributed by atoms with Gasteiger partial charge in [-0.25, -0.2) is 0 Å². The highest BCUT2D eigenvalue weighted by molar-refractivity contribution is 7.80. The van der Waals surface area contributed by atoms with Crippen LogP contribution in [0.5, 0.6) is 0 Å². The summed E-state index contributed by atoms with van der Waals surface area (Å²) in [5, 5.41) is 12.0. The second-order valence-corrected chi connectivity index (χ2v) is 7.12. The number of amides is 1. The van der Waals surface area contributed by atoms with Crippen molar-refractivity contribution in [3.63, 3.8) is 0 Å². The number of carbonyl (C=O) groups is 1. The fraction of sp³-hybridized carbons (Fsp3) is 0.130. The first kappa shape index (κ1) is 18.3. The number of rotatable bonds is 4. The van der Waals surface area contributed by atoms with E-state index in [0.29, 0.717) is 11.3 Å². The number of benzene rings is 3. The van der Waals surface area contributed by atoms with Crippen molar-refractivity contribution < 1.29 is 9.90 Å². The Kier molecular flexibility index (Phi) is 4.71. The third kappa shape index (κ3) is 2.80. The van der Waals surface area contributed by atoms with Gasteiger partial charge in [0.2, 0.25) is 5.72 Å². The summed E-state index contributed by atoms with van der Waals surface area (Å²) >= 11 is 5.72. The third-order valence-corrected chi connectivity index (χ3v) is 5.49.